The Morgan fingerprint density at radius 2 is 1.95 bits per heavy atom. The highest BCUT2D eigenvalue weighted by Gasteiger charge is 2.15. The molecule has 0 unspecified atom stereocenters. The van der Waals surface area contributed by atoms with Crippen molar-refractivity contribution < 1.29 is 4.52 Å². The van der Waals surface area contributed by atoms with Gasteiger partial charge in [0.1, 0.15) is 5.82 Å². The van der Waals surface area contributed by atoms with Crippen LogP contribution < -0.4 is 5.73 Å². The molecule has 0 saturated heterocycles. The lowest BCUT2D eigenvalue weighted by Gasteiger charge is -1.99. The van der Waals surface area contributed by atoms with Crippen molar-refractivity contribution in [3.63, 3.8) is 0 Å². The van der Waals surface area contributed by atoms with Crippen molar-refractivity contribution in [2.75, 3.05) is 5.73 Å². The van der Waals surface area contributed by atoms with E-state index in [4.69, 9.17) is 33.5 Å². The molecule has 0 spiro atoms. The maximum absolute atomic E-state index is 6.11. The van der Waals surface area contributed by atoms with E-state index in [1.54, 1.807) is 36.5 Å². The second kappa shape index (κ2) is 5.11. The van der Waals surface area contributed by atoms with Crippen molar-refractivity contribution >= 4 is 29.0 Å². The molecule has 0 aliphatic heterocycles. The van der Waals surface area contributed by atoms with E-state index in [1.165, 1.54) is 0 Å². The maximum atomic E-state index is 6.11. The average Bonchev–Trinajstić information content (AvgIpc) is 2.88. The van der Waals surface area contributed by atoms with E-state index in [-0.39, 0.29) is 5.89 Å². The van der Waals surface area contributed by atoms with Crippen LogP contribution in [0.15, 0.2) is 41.1 Å². The number of halogens is 2. The Kier molecular flexibility index (Phi) is 3.30. The normalized spacial score (nSPS) is 10.7. The van der Waals surface area contributed by atoms with Crippen molar-refractivity contribution in [1.82, 2.24) is 15.1 Å². The fourth-order valence-corrected chi connectivity index (χ4v) is 2.20. The zero-order valence-electron chi connectivity index (χ0n) is 10.0. The predicted molar refractivity (Wildman–Crippen MR) is 77.4 cm³/mol. The molecule has 0 aliphatic rings. The van der Waals surface area contributed by atoms with Crippen LogP contribution in [-0.4, -0.2) is 15.1 Å². The molecule has 0 saturated carbocycles. The number of benzene rings is 1. The summed E-state index contributed by atoms with van der Waals surface area (Å²) >= 11 is 12.0. The molecule has 0 bridgehead atoms. The first-order valence-electron chi connectivity index (χ1n) is 5.65. The van der Waals surface area contributed by atoms with E-state index >= 15 is 0 Å². The zero-order chi connectivity index (χ0) is 14.1. The van der Waals surface area contributed by atoms with Gasteiger partial charge in [0.15, 0.2) is 0 Å². The number of hydrogen-bond donors (Lipinski definition) is 1. The van der Waals surface area contributed by atoms with Crippen LogP contribution in [-0.2, 0) is 0 Å². The van der Waals surface area contributed by atoms with Crippen LogP contribution in [0, 0.1) is 0 Å². The molecule has 2 heterocycles. The van der Waals surface area contributed by atoms with Gasteiger partial charge in [-0.1, -0.05) is 28.4 Å². The van der Waals surface area contributed by atoms with Crippen LogP contribution in [0.5, 0.6) is 0 Å². The molecule has 2 N–H and O–H groups in total. The molecule has 7 heteroatoms. The van der Waals surface area contributed by atoms with Crippen LogP contribution in [0.25, 0.3) is 22.8 Å². The number of nitrogen functional groups attached to an aromatic ring is 1. The van der Waals surface area contributed by atoms with Gasteiger partial charge in [-0.2, -0.15) is 4.98 Å². The monoisotopic (exact) mass is 306 g/mol. The maximum Gasteiger partial charge on any atom is 0.261 e. The van der Waals surface area contributed by atoms with E-state index in [9.17, 15) is 0 Å². The summed E-state index contributed by atoms with van der Waals surface area (Å²) in [5, 5.41) is 4.89. The van der Waals surface area contributed by atoms with E-state index in [0.29, 0.717) is 32.8 Å². The quantitative estimate of drug-likeness (QED) is 0.781. The molecule has 0 amide bonds. The highest BCUT2D eigenvalue weighted by atomic mass is 35.5. The molecule has 3 aromatic rings. The van der Waals surface area contributed by atoms with Gasteiger partial charge in [0, 0.05) is 16.8 Å². The van der Waals surface area contributed by atoms with Gasteiger partial charge in [-0.3, -0.25) is 0 Å². The Morgan fingerprint density at radius 1 is 1.10 bits per heavy atom. The summed E-state index contributed by atoms with van der Waals surface area (Å²) in [5.74, 6) is 0.978. The van der Waals surface area contributed by atoms with E-state index in [0.717, 1.165) is 0 Å². The third-order valence-electron chi connectivity index (χ3n) is 2.67. The smallest absolute Gasteiger partial charge is 0.261 e. The van der Waals surface area contributed by atoms with Crippen LogP contribution in [0.4, 0.5) is 5.82 Å². The average molecular weight is 307 g/mol. The molecule has 0 atom stereocenters. The second-order valence-corrected chi connectivity index (χ2v) is 4.83. The summed E-state index contributed by atoms with van der Waals surface area (Å²) < 4.78 is 5.20. The van der Waals surface area contributed by atoms with Crippen molar-refractivity contribution in [3.05, 3.63) is 46.6 Å². The SMILES string of the molecule is Nc1ncccc1-c1nc(-c2ccc(Cl)cc2Cl)no1. The third-order valence-corrected chi connectivity index (χ3v) is 3.21. The van der Waals surface area contributed by atoms with Gasteiger partial charge in [0.25, 0.3) is 5.89 Å². The van der Waals surface area contributed by atoms with E-state index in [1.807, 2.05) is 0 Å². The van der Waals surface area contributed by atoms with Crippen LogP contribution in [0.1, 0.15) is 0 Å². The van der Waals surface area contributed by atoms with Gasteiger partial charge in [-0.25, -0.2) is 4.98 Å². The summed E-state index contributed by atoms with van der Waals surface area (Å²) in [7, 11) is 0. The molecule has 2 aromatic heterocycles. The topological polar surface area (TPSA) is 77.8 Å². The number of anilines is 1. The molecular weight excluding hydrogens is 299 g/mol. The zero-order valence-corrected chi connectivity index (χ0v) is 11.6. The Hall–Kier alpha value is -2.11. The molecule has 20 heavy (non-hydrogen) atoms. The Balaban J connectivity index is 2.04. The van der Waals surface area contributed by atoms with Crippen molar-refractivity contribution in [2.45, 2.75) is 0 Å². The van der Waals surface area contributed by atoms with Crippen molar-refractivity contribution in [1.29, 1.82) is 0 Å². The molecule has 3 rings (SSSR count). The molecule has 1 aromatic carbocycles. The highest BCUT2D eigenvalue weighted by molar-refractivity contribution is 6.36. The van der Waals surface area contributed by atoms with Gasteiger partial charge < -0.3 is 10.3 Å². The standard InChI is InChI=1S/C13H8Cl2N4O/c14-7-3-4-8(10(15)6-7)12-18-13(20-19-12)9-2-1-5-17-11(9)16/h1-6H,(H2,16,17). The largest absolute Gasteiger partial charge is 0.383 e. The first kappa shape index (κ1) is 12.9. The molecule has 100 valence electrons. The molecular formula is C13H8Cl2N4O. The molecule has 0 aliphatic carbocycles. The predicted octanol–water partition coefficient (Wildman–Crippen LogP) is 3.69. The minimum Gasteiger partial charge on any atom is -0.383 e. The summed E-state index contributed by atoms with van der Waals surface area (Å²) in [6.45, 7) is 0. The molecule has 0 fully saturated rings. The highest BCUT2D eigenvalue weighted by Crippen LogP contribution is 2.30. The first-order chi connectivity index (χ1) is 9.65. The van der Waals surface area contributed by atoms with Crippen LogP contribution >= 0.6 is 23.2 Å². The van der Waals surface area contributed by atoms with Gasteiger partial charge in [-0.05, 0) is 30.3 Å². The van der Waals surface area contributed by atoms with E-state index < -0.39 is 0 Å². The number of rotatable bonds is 2. The van der Waals surface area contributed by atoms with Gasteiger partial charge in [-0.15, -0.1) is 0 Å². The van der Waals surface area contributed by atoms with Crippen molar-refractivity contribution in [3.8, 4) is 22.8 Å². The minimum atomic E-state index is 0.289. The number of hydrogen-bond acceptors (Lipinski definition) is 5. The van der Waals surface area contributed by atoms with Crippen LogP contribution in [0.3, 0.4) is 0 Å². The summed E-state index contributed by atoms with van der Waals surface area (Å²) in [6, 6.07) is 8.55. The van der Waals surface area contributed by atoms with Gasteiger partial charge in [0.2, 0.25) is 5.82 Å². The first-order valence-corrected chi connectivity index (χ1v) is 6.41. The van der Waals surface area contributed by atoms with Crippen molar-refractivity contribution in [2.24, 2.45) is 0 Å². The summed E-state index contributed by atoms with van der Waals surface area (Å²) in [4.78, 5) is 8.25. The lowest BCUT2D eigenvalue weighted by molar-refractivity contribution is 0.432. The third kappa shape index (κ3) is 2.33. The van der Waals surface area contributed by atoms with Crippen LogP contribution in [0.2, 0.25) is 10.0 Å². The Morgan fingerprint density at radius 3 is 2.70 bits per heavy atom. The number of nitrogens with zero attached hydrogens (tertiary/aromatic N) is 3. The number of pyridine rings is 1. The van der Waals surface area contributed by atoms with Gasteiger partial charge in [0.05, 0.1) is 10.6 Å². The fourth-order valence-electron chi connectivity index (χ4n) is 1.71. The molecule has 5 nitrogen and oxygen atoms in total. The number of aromatic nitrogens is 3. The Bertz CT molecular complexity index is 773. The number of nitrogens with two attached hydrogens (primary N) is 1. The van der Waals surface area contributed by atoms with E-state index in [2.05, 4.69) is 15.1 Å². The minimum absolute atomic E-state index is 0.289. The lowest BCUT2D eigenvalue weighted by atomic mass is 10.2. The summed E-state index contributed by atoms with van der Waals surface area (Å²) in [6.07, 6.45) is 1.59. The fraction of sp³-hybridized carbons (Fsp3) is 0. The van der Waals surface area contributed by atoms with Gasteiger partial charge >= 0.3 is 0 Å². The second-order valence-electron chi connectivity index (χ2n) is 3.98. The Labute approximate surface area is 124 Å². The summed E-state index contributed by atoms with van der Waals surface area (Å²) in [5.41, 5.74) is 6.98. The lowest BCUT2D eigenvalue weighted by Crippen LogP contribution is -1.93. The molecule has 0 radical (unpaired) electrons.